The third kappa shape index (κ3) is 2.28. The van der Waals surface area contributed by atoms with Crippen LogP contribution in [0, 0.1) is 5.92 Å². The number of nitrogens with one attached hydrogen (secondary N) is 1. The number of carbonyl (C=O) groups is 2. The highest BCUT2D eigenvalue weighted by molar-refractivity contribution is 6.08. The summed E-state index contributed by atoms with van der Waals surface area (Å²) in [5.74, 6) is -0.399. The van der Waals surface area contributed by atoms with E-state index in [9.17, 15) is 9.59 Å². The number of nitrogens with zero attached hydrogens (tertiary/aromatic N) is 3. The number of aromatic nitrogens is 1. The van der Waals surface area contributed by atoms with Gasteiger partial charge in [-0.15, -0.1) is 0 Å². The number of hydrazine groups is 1. The van der Waals surface area contributed by atoms with Crippen LogP contribution < -0.4 is 5.43 Å². The highest BCUT2D eigenvalue weighted by Gasteiger charge is 2.58. The number of likely N-dealkylation sites (tertiary alicyclic amines) is 1. The van der Waals surface area contributed by atoms with Gasteiger partial charge in [0.05, 0.1) is 12.0 Å². The van der Waals surface area contributed by atoms with Gasteiger partial charge in [-0.2, -0.15) is 0 Å². The second kappa shape index (κ2) is 5.69. The van der Waals surface area contributed by atoms with Crippen LogP contribution in [-0.2, 0) is 9.59 Å². The van der Waals surface area contributed by atoms with Crippen LogP contribution in [0.4, 0.5) is 0 Å². The predicted octanol–water partition coefficient (Wildman–Crippen LogP) is 1.26. The van der Waals surface area contributed by atoms with Crippen LogP contribution in [-0.4, -0.2) is 45.8 Å². The van der Waals surface area contributed by atoms with Gasteiger partial charge in [0.15, 0.2) is 0 Å². The second-order valence-electron chi connectivity index (χ2n) is 6.81. The normalized spacial score (nSPS) is 32.6. The Morgan fingerprint density at radius 1 is 1.17 bits per heavy atom. The lowest BCUT2D eigenvalue weighted by Crippen LogP contribution is -2.47. The number of hydrogen-bond acceptors (Lipinski definition) is 5. The Morgan fingerprint density at radius 3 is 2.65 bits per heavy atom. The number of pyridine rings is 1. The fraction of sp³-hybridized carbons (Fsp3) is 0.588. The van der Waals surface area contributed by atoms with Gasteiger partial charge in [-0.25, -0.2) is 10.4 Å². The van der Waals surface area contributed by atoms with Crippen molar-refractivity contribution in [3.05, 3.63) is 30.1 Å². The molecule has 0 spiro atoms. The van der Waals surface area contributed by atoms with Crippen molar-refractivity contribution in [2.75, 3.05) is 7.05 Å². The third-order valence-electron chi connectivity index (χ3n) is 5.46. The number of imide groups is 1. The minimum atomic E-state index is -0.394. The highest BCUT2D eigenvalue weighted by atomic mass is 16.2. The summed E-state index contributed by atoms with van der Waals surface area (Å²) in [4.78, 5) is 31.7. The summed E-state index contributed by atoms with van der Waals surface area (Å²) in [6.45, 7) is 0. The van der Waals surface area contributed by atoms with Crippen molar-refractivity contribution in [2.24, 2.45) is 5.92 Å². The molecule has 1 aromatic heterocycles. The molecule has 3 fully saturated rings. The van der Waals surface area contributed by atoms with E-state index in [4.69, 9.17) is 0 Å². The Hall–Kier alpha value is -1.79. The fourth-order valence-corrected chi connectivity index (χ4v) is 4.35. The van der Waals surface area contributed by atoms with Gasteiger partial charge in [0.1, 0.15) is 6.04 Å². The Labute approximate surface area is 135 Å². The molecule has 0 radical (unpaired) electrons. The van der Waals surface area contributed by atoms with Gasteiger partial charge < -0.3 is 0 Å². The number of amides is 2. The van der Waals surface area contributed by atoms with E-state index in [0.29, 0.717) is 0 Å². The third-order valence-corrected chi connectivity index (χ3v) is 5.46. The Kier molecular flexibility index (Phi) is 3.66. The first-order valence-electron chi connectivity index (χ1n) is 8.44. The van der Waals surface area contributed by atoms with Crippen LogP contribution in [0.3, 0.4) is 0 Å². The molecule has 1 aliphatic carbocycles. The zero-order chi connectivity index (χ0) is 16.0. The SMILES string of the molecule is CN1N[C@H](c2cccnc2)[C@H]2C(=O)N(C3CCCCC3)C(=O)[C@@H]21. The van der Waals surface area contributed by atoms with E-state index >= 15 is 0 Å². The first kappa shape index (κ1) is 14.8. The van der Waals surface area contributed by atoms with E-state index in [1.54, 1.807) is 17.3 Å². The minimum Gasteiger partial charge on any atom is -0.278 e. The standard InChI is InChI=1S/C17H22N4O2/c1-20-15-13(14(19-20)11-6-5-9-18-10-11)16(22)21(17(15)23)12-7-3-2-4-8-12/h5-6,9-10,12-15,19H,2-4,7-8H2,1H3/t13-,14-,15-/m1/s1. The van der Waals surface area contributed by atoms with Crippen LogP contribution in [0.15, 0.2) is 24.5 Å². The molecule has 2 aliphatic heterocycles. The van der Waals surface area contributed by atoms with Crippen LogP contribution in [0.1, 0.15) is 43.7 Å². The van der Waals surface area contributed by atoms with Gasteiger partial charge >= 0.3 is 0 Å². The summed E-state index contributed by atoms with van der Waals surface area (Å²) < 4.78 is 0. The molecule has 1 saturated carbocycles. The van der Waals surface area contributed by atoms with Crippen molar-refractivity contribution >= 4 is 11.8 Å². The number of rotatable bonds is 2. The Morgan fingerprint density at radius 2 is 1.96 bits per heavy atom. The largest absolute Gasteiger partial charge is 0.278 e. The van der Waals surface area contributed by atoms with Crippen molar-refractivity contribution in [3.8, 4) is 0 Å². The maximum absolute atomic E-state index is 13.0. The van der Waals surface area contributed by atoms with Gasteiger partial charge in [0, 0.05) is 25.5 Å². The van der Waals surface area contributed by atoms with E-state index in [-0.39, 0.29) is 29.8 Å². The molecule has 0 bridgehead atoms. The molecule has 6 heteroatoms. The summed E-state index contributed by atoms with van der Waals surface area (Å²) in [6.07, 6.45) is 8.81. The molecule has 1 N–H and O–H groups in total. The van der Waals surface area contributed by atoms with E-state index < -0.39 is 6.04 Å². The van der Waals surface area contributed by atoms with Gasteiger partial charge in [-0.3, -0.25) is 19.5 Å². The van der Waals surface area contributed by atoms with Crippen molar-refractivity contribution < 1.29 is 9.59 Å². The molecule has 4 rings (SSSR count). The molecule has 0 aromatic carbocycles. The van der Waals surface area contributed by atoms with Crippen molar-refractivity contribution in [1.29, 1.82) is 0 Å². The highest BCUT2D eigenvalue weighted by Crippen LogP contribution is 2.41. The summed E-state index contributed by atoms with van der Waals surface area (Å²) in [5.41, 5.74) is 4.24. The summed E-state index contributed by atoms with van der Waals surface area (Å²) in [5, 5.41) is 1.81. The molecule has 1 aromatic rings. The molecular formula is C17H22N4O2. The molecule has 2 amide bonds. The van der Waals surface area contributed by atoms with E-state index in [1.165, 1.54) is 6.42 Å². The topological polar surface area (TPSA) is 65.5 Å². The Bertz CT molecular complexity index is 614. The van der Waals surface area contributed by atoms with Crippen molar-refractivity contribution in [3.63, 3.8) is 0 Å². The van der Waals surface area contributed by atoms with E-state index in [2.05, 4.69) is 10.4 Å². The number of likely N-dealkylation sites (N-methyl/N-ethyl adjacent to an activating group) is 1. The molecule has 3 aliphatic rings. The van der Waals surface area contributed by atoms with Gasteiger partial charge in [0.2, 0.25) is 11.8 Å². The van der Waals surface area contributed by atoms with Crippen LogP contribution >= 0.6 is 0 Å². The van der Waals surface area contributed by atoms with Crippen molar-refractivity contribution in [2.45, 2.75) is 50.2 Å². The minimum absolute atomic E-state index is 0.0161. The molecule has 2 saturated heterocycles. The average molecular weight is 314 g/mol. The first-order chi connectivity index (χ1) is 11.2. The van der Waals surface area contributed by atoms with E-state index in [1.807, 2.05) is 24.2 Å². The molecule has 3 atom stereocenters. The number of fused-ring (bicyclic) bond motifs is 1. The van der Waals surface area contributed by atoms with Crippen molar-refractivity contribution in [1.82, 2.24) is 20.3 Å². The maximum Gasteiger partial charge on any atom is 0.249 e. The lowest BCUT2D eigenvalue weighted by molar-refractivity contribution is -0.144. The molecule has 23 heavy (non-hydrogen) atoms. The summed E-state index contributed by atoms with van der Waals surface area (Å²) in [7, 11) is 1.85. The molecule has 0 unspecified atom stereocenters. The lowest BCUT2D eigenvalue weighted by Gasteiger charge is -2.31. The fourth-order valence-electron chi connectivity index (χ4n) is 4.35. The number of hydrogen-bond donors (Lipinski definition) is 1. The first-order valence-corrected chi connectivity index (χ1v) is 8.44. The lowest BCUT2D eigenvalue weighted by atomic mass is 9.91. The summed E-state index contributed by atoms with van der Waals surface area (Å²) in [6, 6.07) is 3.35. The second-order valence-corrected chi connectivity index (χ2v) is 6.81. The molecule has 3 heterocycles. The van der Waals surface area contributed by atoms with E-state index in [0.717, 1.165) is 31.2 Å². The van der Waals surface area contributed by atoms with Crippen LogP contribution in [0.5, 0.6) is 0 Å². The molecular weight excluding hydrogens is 292 g/mol. The Balaban J connectivity index is 1.65. The molecule has 122 valence electrons. The summed E-state index contributed by atoms with van der Waals surface area (Å²) >= 11 is 0. The van der Waals surface area contributed by atoms with Crippen LogP contribution in [0.2, 0.25) is 0 Å². The van der Waals surface area contributed by atoms with Gasteiger partial charge in [-0.05, 0) is 24.5 Å². The smallest absolute Gasteiger partial charge is 0.249 e. The van der Waals surface area contributed by atoms with Gasteiger partial charge in [-0.1, -0.05) is 25.3 Å². The predicted molar refractivity (Wildman–Crippen MR) is 83.9 cm³/mol. The zero-order valence-electron chi connectivity index (χ0n) is 13.3. The van der Waals surface area contributed by atoms with Gasteiger partial charge in [0.25, 0.3) is 0 Å². The van der Waals surface area contributed by atoms with Crippen LogP contribution in [0.25, 0.3) is 0 Å². The maximum atomic E-state index is 13.0. The quantitative estimate of drug-likeness (QED) is 0.833. The average Bonchev–Trinajstić information content (AvgIpc) is 3.06. The zero-order valence-corrected chi connectivity index (χ0v) is 13.3. The number of carbonyl (C=O) groups excluding carboxylic acids is 2. The monoisotopic (exact) mass is 314 g/mol. The molecule has 6 nitrogen and oxygen atoms in total.